The van der Waals surface area contributed by atoms with E-state index in [9.17, 15) is 9.18 Å². The van der Waals surface area contributed by atoms with Crippen molar-refractivity contribution < 1.29 is 13.9 Å². The third kappa shape index (κ3) is 3.81. The highest BCUT2D eigenvalue weighted by Gasteiger charge is 2.37. The number of anilines is 1. The number of hydrogen-bond donors (Lipinski definition) is 1. The minimum absolute atomic E-state index is 0.0605. The maximum Gasteiger partial charge on any atom is 0.325 e. The monoisotopic (exact) mass is 394 g/mol. The molecule has 1 fully saturated rings. The van der Waals surface area contributed by atoms with Crippen LogP contribution in [0.4, 0.5) is 14.9 Å². The summed E-state index contributed by atoms with van der Waals surface area (Å²) in [7, 11) is 1.50. The van der Waals surface area contributed by atoms with Crippen LogP contribution >= 0.6 is 0 Å². The number of aromatic nitrogens is 2. The predicted molar refractivity (Wildman–Crippen MR) is 109 cm³/mol. The summed E-state index contributed by atoms with van der Waals surface area (Å²) >= 11 is 0. The van der Waals surface area contributed by atoms with Crippen molar-refractivity contribution in [2.24, 2.45) is 0 Å². The molecule has 1 saturated heterocycles. The molecular formula is C22H23FN4O2. The van der Waals surface area contributed by atoms with Crippen molar-refractivity contribution in [2.75, 3.05) is 18.6 Å². The third-order valence-electron chi connectivity index (χ3n) is 5.31. The van der Waals surface area contributed by atoms with Crippen molar-refractivity contribution in [1.82, 2.24) is 15.1 Å². The molecule has 1 aliphatic rings. The first-order valence-electron chi connectivity index (χ1n) is 9.60. The Hall–Kier alpha value is -3.35. The normalized spacial score (nSPS) is 16.5. The van der Waals surface area contributed by atoms with Gasteiger partial charge < -0.3 is 9.64 Å². The highest BCUT2D eigenvalue weighted by molar-refractivity contribution is 5.94. The van der Waals surface area contributed by atoms with E-state index in [-0.39, 0.29) is 17.9 Å². The van der Waals surface area contributed by atoms with Crippen LogP contribution in [0.2, 0.25) is 0 Å². The number of benzene rings is 2. The number of carbonyl (C=O) groups excluding carboxylic acids is 1. The number of ether oxygens (including phenoxy) is 1. The van der Waals surface area contributed by atoms with Crippen molar-refractivity contribution in [3.8, 4) is 16.9 Å². The van der Waals surface area contributed by atoms with Gasteiger partial charge in [-0.2, -0.15) is 5.10 Å². The number of methoxy groups -OCH3 is 1. The van der Waals surface area contributed by atoms with E-state index < -0.39 is 0 Å². The van der Waals surface area contributed by atoms with Crippen LogP contribution in [0.3, 0.4) is 0 Å². The molecule has 2 amide bonds. The summed E-state index contributed by atoms with van der Waals surface area (Å²) in [5.74, 6) is 0.0807. The first-order valence-corrected chi connectivity index (χ1v) is 9.60. The third-order valence-corrected chi connectivity index (χ3v) is 5.31. The average molecular weight is 394 g/mol. The largest absolute Gasteiger partial charge is 0.497 e. The van der Waals surface area contributed by atoms with E-state index in [0.717, 1.165) is 23.2 Å². The number of aromatic amines is 1. The molecule has 3 aromatic rings. The number of nitrogens with zero attached hydrogens (tertiary/aromatic N) is 3. The Bertz CT molecular complexity index is 989. The Balaban J connectivity index is 1.55. The Morgan fingerprint density at radius 2 is 2.00 bits per heavy atom. The molecule has 1 unspecified atom stereocenters. The number of hydrogen-bond acceptors (Lipinski definition) is 3. The van der Waals surface area contributed by atoms with Crippen LogP contribution in [-0.2, 0) is 6.54 Å². The lowest BCUT2D eigenvalue weighted by Gasteiger charge is -2.22. The van der Waals surface area contributed by atoms with Gasteiger partial charge in [0.2, 0.25) is 0 Å². The van der Waals surface area contributed by atoms with Crippen LogP contribution in [0.5, 0.6) is 5.75 Å². The van der Waals surface area contributed by atoms with E-state index >= 15 is 0 Å². The fraction of sp³-hybridized carbons (Fsp3) is 0.273. The number of H-pyrrole nitrogens is 1. The average Bonchev–Trinajstić information content (AvgIpc) is 3.37. The van der Waals surface area contributed by atoms with Crippen LogP contribution in [0.1, 0.15) is 18.9 Å². The first kappa shape index (κ1) is 19.0. The minimum Gasteiger partial charge on any atom is -0.497 e. The van der Waals surface area contributed by atoms with Crippen LogP contribution in [-0.4, -0.2) is 40.8 Å². The summed E-state index contributed by atoms with van der Waals surface area (Å²) in [6.07, 6.45) is 4.41. The summed E-state index contributed by atoms with van der Waals surface area (Å²) in [5, 5.41) is 6.77. The Morgan fingerprint density at radius 1 is 1.21 bits per heavy atom. The zero-order valence-corrected chi connectivity index (χ0v) is 16.4. The fourth-order valence-electron chi connectivity index (χ4n) is 3.73. The number of carbonyl (C=O) groups is 1. The second-order valence-corrected chi connectivity index (χ2v) is 7.12. The van der Waals surface area contributed by atoms with Crippen molar-refractivity contribution in [3.63, 3.8) is 0 Å². The number of nitrogens with one attached hydrogen (secondary N) is 1. The molecular weight excluding hydrogens is 371 g/mol. The molecule has 1 N–H and O–H groups in total. The molecule has 0 spiro atoms. The topological polar surface area (TPSA) is 61.5 Å². The van der Waals surface area contributed by atoms with Gasteiger partial charge in [-0.1, -0.05) is 19.1 Å². The maximum absolute atomic E-state index is 13.9. The fourth-order valence-corrected chi connectivity index (χ4v) is 3.73. The van der Waals surface area contributed by atoms with Crippen molar-refractivity contribution in [3.05, 3.63) is 66.2 Å². The lowest BCUT2D eigenvalue weighted by atomic mass is 10.1. The van der Waals surface area contributed by atoms with E-state index in [1.807, 2.05) is 30.5 Å². The molecule has 0 saturated carbocycles. The molecule has 29 heavy (non-hydrogen) atoms. The minimum atomic E-state index is -0.370. The van der Waals surface area contributed by atoms with Gasteiger partial charge >= 0.3 is 6.03 Å². The molecule has 6 nitrogen and oxygen atoms in total. The lowest BCUT2D eigenvalue weighted by molar-refractivity contribution is 0.201. The first-order chi connectivity index (χ1) is 14.1. The van der Waals surface area contributed by atoms with E-state index in [4.69, 9.17) is 4.74 Å². The number of urea groups is 1. The molecule has 1 aliphatic heterocycles. The number of halogens is 1. The van der Waals surface area contributed by atoms with Gasteiger partial charge in [-0.3, -0.25) is 10.00 Å². The second-order valence-electron chi connectivity index (χ2n) is 7.12. The molecule has 0 bridgehead atoms. The zero-order chi connectivity index (χ0) is 20.4. The van der Waals surface area contributed by atoms with Crippen molar-refractivity contribution in [2.45, 2.75) is 25.9 Å². The van der Waals surface area contributed by atoms with Gasteiger partial charge in [-0.25, -0.2) is 9.18 Å². The summed E-state index contributed by atoms with van der Waals surface area (Å²) in [4.78, 5) is 16.7. The quantitative estimate of drug-likeness (QED) is 0.672. The van der Waals surface area contributed by atoms with E-state index in [1.54, 1.807) is 22.1 Å². The van der Waals surface area contributed by atoms with Crippen molar-refractivity contribution >= 4 is 11.7 Å². The predicted octanol–water partition coefficient (Wildman–Crippen LogP) is 4.45. The van der Waals surface area contributed by atoms with Crippen molar-refractivity contribution in [1.29, 1.82) is 0 Å². The van der Waals surface area contributed by atoms with Gasteiger partial charge in [0.15, 0.2) is 0 Å². The van der Waals surface area contributed by atoms with Gasteiger partial charge in [-0.15, -0.1) is 0 Å². The van der Waals surface area contributed by atoms with Crippen LogP contribution in [0, 0.1) is 5.82 Å². The van der Waals surface area contributed by atoms with E-state index in [1.165, 1.54) is 19.2 Å². The lowest BCUT2D eigenvalue weighted by Crippen LogP contribution is -2.34. The second kappa shape index (κ2) is 7.95. The molecule has 2 aromatic carbocycles. The van der Waals surface area contributed by atoms with Gasteiger partial charge in [0.25, 0.3) is 0 Å². The Kier molecular flexibility index (Phi) is 5.20. The van der Waals surface area contributed by atoms with E-state index in [2.05, 4.69) is 17.1 Å². The highest BCUT2D eigenvalue weighted by Crippen LogP contribution is 2.29. The van der Waals surface area contributed by atoms with Gasteiger partial charge in [-0.05, 0) is 41.8 Å². The molecule has 4 rings (SSSR count). The van der Waals surface area contributed by atoms with Crippen LogP contribution in [0.15, 0.2) is 54.9 Å². The number of rotatable bonds is 6. The Labute approximate surface area is 168 Å². The van der Waals surface area contributed by atoms with E-state index in [0.29, 0.717) is 24.4 Å². The zero-order valence-electron chi connectivity index (χ0n) is 16.4. The molecule has 1 atom stereocenters. The molecule has 150 valence electrons. The summed E-state index contributed by atoms with van der Waals surface area (Å²) in [5.41, 5.74) is 3.59. The molecule has 0 radical (unpaired) electrons. The smallest absolute Gasteiger partial charge is 0.325 e. The molecule has 1 aromatic heterocycles. The van der Waals surface area contributed by atoms with Gasteiger partial charge in [0.1, 0.15) is 11.6 Å². The molecule has 7 heteroatoms. The van der Waals surface area contributed by atoms with Crippen LogP contribution in [0.25, 0.3) is 11.1 Å². The Morgan fingerprint density at radius 3 is 2.66 bits per heavy atom. The number of amides is 2. The summed E-state index contributed by atoms with van der Waals surface area (Å²) in [6, 6.07) is 12.4. The van der Waals surface area contributed by atoms with Gasteiger partial charge in [0.05, 0.1) is 19.3 Å². The highest BCUT2D eigenvalue weighted by atomic mass is 19.1. The summed E-state index contributed by atoms with van der Waals surface area (Å²) < 4.78 is 19.0. The molecule has 0 aliphatic carbocycles. The SMILES string of the molecule is CCC1CN(c2ccc(-c3cn[nH]c3)cc2)C(=O)N1Cc1cc(F)cc(OC)c1. The van der Waals surface area contributed by atoms with Crippen LogP contribution < -0.4 is 9.64 Å². The van der Waals surface area contributed by atoms with Gasteiger partial charge in [0, 0.05) is 36.6 Å². The standard InChI is InChI=1S/C22H23FN4O2/c1-3-19-14-27(20-6-4-16(5-7-20)17-11-24-25-12-17)22(28)26(19)13-15-8-18(23)10-21(9-15)29-2/h4-12,19H,3,13-14H2,1-2H3,(H,24,25). The maximum atomic E-state index is 13.9. The summed E-state index contributed by atoms with van der Waals surface area (Å²) in [6.45, 7) is 3.00. The molecule has 2 heterocycles.